The van der Waals surface area contributed by atoms with Gasteiger partial charge in [0.15, 0.2) is 0 Å². The van der Waals surface area contributed by atoms with Crippen LogP contribution in [0.3, 0.4) is 0 Å². The van der Waals surface area contributed by atoms with E-state index in [2.05, 4.69) is 10.2 Å². The number of hydrogen-bond acceptors (Lipinski definition) is 3. The van der Waals surface area contributed by atoms with Crippen LogP contribution in [-0.2, 0) is 0 Å². The Morgan fingerprint density at radius 1 is 1.32 bits per heavy atom. The van der Waals surface area contributed by atoms with Gasteiger partial charge < -0.3 is 10.2 Å². The molecule has 4 heteroatoms. The first-order valence-electron chi connectivity index (χ1n) is 7.19. The third-order valence-electron chi connectivity index (χ3n) is 4.01. The monoisotopic (exact) mass is 280 g/mol. The van der Waals surface area contributed by atoms with Gasteiger partial charge in [0.05, 0.1) is 5.69 Å². The van der Waals surface area contributed by atoms with Gasteiger partial charge in [0.1, 0.15) is 5.82 Å². The summed E-state index contributed by atoms with van der Waals surface area (Å²) in [6, 6.07) is 5.58. The third-order valence-corrected chi connectivity index (χ3v) is 5.24. The van der Waals surface area contributed by atoms with Crippen LogP contribution in [0.4, 0.5) is 15.8 Å². The SMILES string of the molecule is Fc1cc(NCC2CCSC2)ccc1N1CCCC1. The predicted octanol–water partition coefficient (Wildman–Crippen LogP) is 3.59. The molecule has 2 aliphatic rings. The Morgan fingerprint density at radius 3 is 2.84 bits per heavy atom. The lowest BCUT2D eigenvalue weighted by Crippen LogP contribution is -2.19. The highest BCUT2D eigenvalue weighted by Crippen LogP contribution is 2.27. The van der Waals surface area contributed by atoms with Crippen LogP contribution < -0.4 is 10.2 Å². The van der Waals surface area contributed by atoms with E-state index >= 15 is 0 Å². The molecule has 1 N–H and O–H groups in total. The van der Waals surface area contributed by atoms with E-state index in [0.29, 0.717) is 0 Å². The van der Waals surface area contributed by atoms with Gasteiger partial charge in [-0.3, -0.25) is 0 Å². The Balaban J connectivity index is 1.61. The van der Waals surface area contributed by atoms with Crippen LogP contribution in [0.5, 0.6) is 0 Å². The first-order chi connectivity index (χ1) is 9.33. The first-order valence-corrected chi connectivity index (χ1v) is 8.34. The summed E-state index contributed by atoms with van der Waals surface area (Å²) in [5.41, 5.74) is 1.68. The van der Waals surface area contributed by atoms with Gasteiger partial charge in [-0.2, -0.15) is 11.8 Å². The average molecular weight is 280 g/mol. The summed E-state index contributed by atoms with van der Waals surface area (Å²) in [5.74, 6) is 3.16. The van der Waals surface area contributed by atoms with Crippen molar-refractivity contribution in [2.75, 3.05) is 41.4 Å². The lowest BCUT2D eigenvalue weighted by Gasteiger charge is -2.19. The van der Waals surface area contributed by atoms with Crippen molar-refractivity contribution in [1.29, 1.82) is 0 Å². The van der Waals surface area contributed by atoms with Crippen molar-refractivity contribution >= 4 is 23.1 Å². The molecule has 104 valence electrons. The fourth-order valence-electron chi connectivity index (χ4n) is 2.84. The Hall–Kier alpha value is -0.900. The maximum absolute atomic E-state index is 14.1. The van der Waals surface area contributed by atoms with Gasteiger partial charge in [-0.25, -0.2) is 4.39 Å². The molecule has 3 rings (SSSR count). The summed E-state index contributed by atoms with van der Waals surface area (Å²) in [7, 11) is 0. The van der Waals surface area contributed by atoms with Crippen molar-refractivity contribution in [3.8, 4) is 0 Å². The molecule has 0 aliphatic carbocycles. The van der Waals surface area contributed by atoms with Gasteiger partial charge in [0.2, 0.25) is 0 Å². The largest absolute Gasteiger partial charge is 0.385 e. The zero-order valence-electron chi connectivity index (χ0n) is 11.2. The molecular weight excluding hydrogens is 259 g/mol. The summed E-state index contributed by atoms with van der Waals surface area (Å²) >= 11 is 2.02. The number of nitrogens with zero attached hydrogens (tertiary/aromatic N) is 1. The van der Waals surface area contributed by atoms with Gasteiger partial charge >= 0.3 is 0 Å². The van der Waals surface area contributed by atoms with Crippen LogP contribution in [0.15, 0.2) is 18.2 Å². The van der Waals surface area contributed by atoms with Crippen LogP contribution in [0.25, 0.3) is 0 Å². The minimum Gasteiger partial charge on any atom is -0.385 e. The van der Waals surface area contributed by atoms with E-state index < -0.39 is 0 Å². The molecule has 2 nitrogen and oxygen atoms in total. The van der Waals surface area contributed by atoms with Crippen molar-refractivity contribution in [3.63, 3.8) is 0 Å². The molecule has 19 heavy (non-hydrogen) atoms. The molecular formula is C15H21FN2S. The minimum atomic E-state index is -0.0901. The molecule has 0 saturated carbocycles. The van der Waals surface area contributed by atoms with Crippen molar-refractivity contribution in [1.82, 2.24) is 0 Å². The zero-order valence-corrected chi connectivity index (χ0v) is 12.0. The Labute approximate surface area is 118 Å². The number of anilines is 2. The topological polar surface area (TPSA) is 15.3 Å². The molecule has 1 unspecified atom stereocenters. The maximum atomic E-state index is 14.1. The Kier molecular flexibility index (Phi) is 4.16. The van der Waals surface area contributed by atoms with Crippen molar-refractivity contribution < 1.29 is 4.39 Å². The predicted molar refractivity (Wildman–Crippen MR) is 81.8 cm³/mol. The summed E-state index contributed by atoms with van der Waals surface area (Å²) < 4.78 is 14.1. The molecule has 0 aromatic heterocycles. The number of nitrogens with one attached hydrogen (secondary N) is 1. The van der Waals surface area contributed by atoms with E-state index in [1.807, 2.05) is 23.9 Å². The van der Waals surface area contributed by atoms with Gasteiger partial charge in [-0.05, 0) is 54.9 Å². The molecule has 1 atom stereocenters. The zero-order chi connectivity index (χ0) is 13.1. The molecule has 2 heterocycles. The van der Waals surface area contributed by atoms with E-state index in [0.717, 1.165) is 36.9 Å². The second kappa shape index (κ2) is 6.04. The van der Waals surface area contributed by atoms with E-state index in [4.69, 9.17) is 0 Å². The molecule has 2 aliphatic heterocycles. The van der Waals surface area contributed by atoms with Crippen LogP contribution >= 0.6 is 11.8 Å². The molecule has 0 amide bonds. The van der Waals surface area contributed by atoms with E-state index in [-0.39, 0.29) is 5.82 Å². The number of rotatable bonds is 4. The van der Waals surface area contributed by atoms with Gasteiger partial charge in [0, 0.05) is 25.3 Å². The molecule has 0 bridgehead atoms. The molecule has 0 spiro atoms. The highest BCUT2D eigenvalue weighted by molar-refractivity contribution is 7.99. The number of halogens is 1. The van der Waals surface area contributed by atoms with Gasteiger partial charge in [-0.15, -0.1) is 0 Å². The molecule has 2 saturated heterocycles. The Morgan fingerprint density at radius 2 is 2.16 bits per heavy atom. The van der Waals surface area contributed by atoms with Gasteiger partial charge in [-0.1, -0.05) is 0 Å². The highest BCUT2D eigenvalue weighted by Gasteiger charge is 2.17. The summed E-state index contributed by atoms with van der Waals surface area (Å²) in [6.45, 7) is 2.95. The van der Waals surface area contributed by atoms with Crippen LogP contribution in [0, 0.1) is 11.7 Å². The standard InChI is InChI=1S/C15H21FN2S/c16-14-9-13(17-10-12-5-8-19-11-12)3-4-15(14)18-6-1-2-7-18/h3-4,9,12,17H,1-2,5-8,10-11H2. The van der Waals surface area contributed by atoms with E-state index in [9.17, 15) is 4.39 Å². The minimum absolute atomic E-state index is 0.0901. The maximum Gasteiger partial charge on any atom is 0.148 e. The number of thioether (sulfide) groups is 1. The lowest BCUT2D eigenvalue weighted by molar-refractivity contribution is 0.619. The highest BCUT2D eigenvalue weighted by atomic mass is 32.2. The average Bonchev–Trinajstić information content (AvgIpc) is 3.10. The molecule has 0 radical (unpaired) electrons. The molecule has 1 aromatic carbocycles. The quantitative estimate of drug-likeness (QED) is 0.907. The number of benzene rings is 1. The van der Waals surface area contributed by atoms with Crippen molar-refractivity contribution in [2.45, 2.75) is 19.3 Å². The summed E-state index contributed by atoms with van der Waals surface area (Å²) in [5, 5.41) is 3.37. The van der Waals surface area contributed by atoms with Crippen LogP contribution in [0.1, 0.15) is 19.3 Å². The lowest BCUT2D eigenvalue weighted by atomic mass is 10.1. The van der Waals surface area contributed by atoms with Crippen molar-refractivity contribution in [3.05, 3.63) is 24.0 Å². The third kappa shape index (κ3) is 3.16. The smallest absolute Gasteiger partial charge is 0.148 e. The summed E-state index contributed by atoms with van der Waals surface area (Å²) in [4.78, 5) is 2.15. The number of hydrogen-bond donors (Lipinski definition) is 1. The van der Waals surface area contributed by atoms with Crippen LogP contribution in [-0.4, -0.2) is 31.1 Å². The Bertz CT molecular complexity index is 426. The first kappa shape index (κ1) is 13.1. The normalized spacial score (nSPS) is 23.0. The fourth-order valence-corrected chi connectivity index (χ4v) is 4.12. The fraction of sp³-hybridized carbons (Fsp3) is 0.600. The van der Waals surface area contributed by atoms with Gasteiger partial charge in [0.25, 0.3) is 0 Å². The molecule has 1 aromatic rings. The second-order valence-electron chi connectivity index (χ2n) is 5.47. The van der Waals surface area contributed by atoms with E-state index in [1.165, 1.54) is 30.8 Å². The van der Waals surface area contributed by atoms with Crippen molar-refractivity contribution in [2.24, 2.45) is 5.92 Å². The molecule has 2 fully saturated rings. The van der Waals surface area contributed by atoms with Crippen LogP contribution in [0.2, 0.25) is 0 Å². The summed E-state index contributed by atoms with van der Waals surface area (Å²) in [6.07, 6.45) is 3.64. The van der Waals surface area contributed by atoms with E-state index in [1.54, 1.807) is 6.07 Å². The second-order valence-corrected chi connectivity index (χ2v) is 6.62.